The highest BCUT2D eigenvalue weighted by atomic mass is 16.3. The molecule has 10 aromatic carbocycles. The maximum atomic E-state index is 6.23. The Morgan fingerprint density at radius 3 is 1.05 bits per heavy atom. The molecule has 0 atom stereocenters. The topological polar surface area (TPSA) is 32.8 Å². The number of nitrogens with zero attached hydrogens (tertiary/aromatic N) is 2. The number of hydrogen-bond acceptors (Lipinski definition) is 4. The molecule has 282 valence electrons. The van der Waals surface area contributed by atoms with Gasteiger partial charge in [-0.1, -0.05) is 133 Å². The van der Waals surface area contributed by atoms with Crippen molar-refractivity contribution < 1.29 is 8.83 Å². The molecule has 0 unspecified atom stereocenters. The highest BCUT2D eigenvalue weighted by Crippen LogP contribution is 2.44. The Morgan fingerprint density at radius 2 is 0.600 bits per heavy atom. The van der Waals surface area contributed by atoms with Crippen LogP contribution in [0.15, 0.2) is 227 Å². The van der Waals surface area contributed by atoms with E-state index in [2.05, 4.69) is 204 Å². The van der Waals surface area contributed by atoms with Crippen LogP contribution >= 0.6 is 0 Å². The monoisotopic (exact) mass is 768 g/mol. The van der Waals surface area contributed by atoms with Crippen LogP contribution in [0.25, 0.3) is 76.5 Å². The minimum atomic E-state index is 0.881. The molecule has 4 heteroatoms. The standard InChI is InChI=1S/C56H36N2O2/c1-3-15-45-39(11-1)13-9-19-51(45)57(43-31-33-55-49(35-43)47-17-5-7-21-53(47)59-55)41-27-23-37(24-28-41)38-25-29-42(30-26-38)58(52-20-10-14-40-12-2-4-16-46(40)52)44-32-34-56-50(36-44)48-18-6-8-22-54(48)60-56/h1-36H. The van der Waals surface area contributed by atoms with E-state index in [9.17, 15) is 0 Å². The molecule has 12 aromatic rings. The molecular formula is C56H36N2O2. The Bertz CT molecular complexity index is 3310. The number of benzene rings is 10. The first-order valence-corrected chi connectivity index (χ1v) is 20.3. The minimum Gasteiger partial charge on any atom is -0.456 e. The van der Waals surface area contributed by atoms with Gasteiger partial charge in [0.2, 0.25) is 0 Å². The molecule has 2 heterocycles. The first-order chi connectivity index (χ1) is 29.7. The maximum Gasteiger partial charge on any atom is 0.135 e. The molecule has 0 aliphatic carbocycles. The summed E-state index contributed by atoms with van der Waals surface area (Å²) in [7, 11) is 0. The molecule has 0 bridgehead atoms. The lowest BCUT2D eigenvalue weighted by Crippen LogP contribution is -2.10. The van der Waals surface area contributed by atoms with Gasteiger partial charge < -0.3 is 18.6 Å². The highest BCUT2D eigenvalue weighted by molar-refractivity contribution is 6.09. The Kier molecular flexibility index (Phi) is 7.82. The van der Waals surface area contributed by atoms with Crippen LogP contribution < -0.4 is 9.80 Å². The summed E-state index contributed by atoms with van der Waals surface area (Å²) in [4.78, 5) is 4.72. The molecule has 0 fully saturated rings. The van der Waals surface area contributed by atoms with E-state index in [-0.39, 0.29) is 0 Å². The van der Waals surface area contributed by atoms with Gasteiger partial charge in [0, 0.05) is 55.1 Å². The van der Waals surface area contributed by atoms with E-state index in [1.807, 2.05) is 24.3 Å². The lowest BCUT2D eigenvalue weighted by Gasteiger charge is -2.27. The average molecular weight is 769 g/mol. The van der Waals surface area contributed by atoms with Crippen molar-refractivity contribution in [2.45, 2.75) is 0 Å². The van der Waals surface area contributed by atoms with Crippen LogP contribution in [0.4, 0.5) is 34.1 Å². The number of rotatable bonds is 7. The summed E-state index contributed by atoms with van der Waals surface area (Å²) in [5.74, 6) is 0. The molecule has 0 spiro atoms. The van der Waals surface area contributed by atoms with Crippen LogP contribution in [0.3, 0.4) is 0 Å². The van der Waals surface area contributed by atoms with Crippen molar-refractivity contribution in [3.63, 3.8) is 0 Å². The van der Waals surface area contributed by atoms with E-state index < -0.39 is 0 Å². The fraction of sp³-hybridized carbons (Fsp3) is 0. The minimum absolute atomic E-state index is 0.881. The number of fused-ring (bicyclic) bond motifs is 8. The van der Waals surface area contributed by atoms with Gasteiger partial charge in [0.05, 0.1) is 11.4 Å². The van der Waals surface area contributed by atoms with Crippen LogP contribution in [0.1, 0.15) is 0 Å². The highest BCUT2D eigenvalue weighted by Gasteiger charge is 2.20. The third-order valence-electron chi connectivity index (χ3n) is 11.8. The third-order valence-corrected chi connectivity index (χ3v) is 11.8. The Morgan fingerprint density at radius 1 is 0.250 bits per heavy atom. The average Bonchev–Trinajstić information content (AvgIpc) is 3.88. The number of para-hydroxylation sites is 2. The van der Waals surface area contributed by atoms with Crippen LogP contribution in [0.5, 0.6) is 0 Å². The lowest BCUT2D eigenvalue weighted by atomic mass is 10.0. The van der Waals surface area contributed by atoms with E-state index in [1.165, 1.54) is 21.5 Å². The fourth-order valence-corrected chi connectivity index (χ4v) is 8.97. The number of hydrogen-bond donors (Lipinski definition) is 0. The molecule has 0 N–H and O–H groups in total. The molecule has 0 saturated carbocycles. The van der Waals surface area contributed by atoms with Crippen molar-refractivity contribution in [1.29, 1.82) is 0 Å². The van der Waals surface area contributed by atoms with Crippen LogP contribution in [0, 0.1) is 0 Å². The second-order valence-electron chi connectivity index (χ2n) is 15.3. The summed E-state index contributed by atoms with van der Waals surface area (Å²) in [6, 6.07) is 77.6. The van der Waals surface area contributed by atoms with Gasteiger partial charge in [0.1, 0.15) is 22.3 Å². The van der Waals surface area contributed by atoms with Crippen LogP contribution in [-0.2, 0) is 0 Å². The molecule has 0 radical (unpaired) electrons. The van der Waals surface area contributed by atoms with E-state index in [4.69, 9.17) is 8.83 Å². The molecule has 60 heavy (non-hydrogen) atoms. The summed E-state index contributed by atoms with van der Waals surface area (Å²) in [6.07, 6.45) is 0. The zero-order valence-corrected chi connectivity index (χ0v) is 32.5. The predicted molar refractivity (Wildman–Crippen MR) is 251 cm³/mol. The van der Waals surface area contributed by atoms with E-state index in [0.717, 1.165) is 89.1 Å². The third kappa shape index (κ3) is 5.61. The van der Waals surface area contributed by atoms with Gasteiger partial charge in [-0.15, -0.1) is 0 Å². The van der Waals surface area contributed by atoms with Gasteiger partial charge >= 0.3 is 0 Å². The van der Waals surface area contributed by atoms with E-state index >= 15 is 0 Å². The van der Waals surface area contributed by atoms with E-state index in [1.54, 1.807) is 0 Å². The van der Waals surface area contributed by atoms with Gasteiger partial charge in [-0.3, -0.25) is 0 Å². The van der Waals surface area contributed by atoms with Crippen molar-refractivity contribution in [2.75, 3.05) is 9.80 Å². The zero-order valence-electron chi connectivity index (χ0n) is 32.5. The van der Waals surface area contributed by atoms with Crippen molar-refractivity contribution in [2.24, 2.45) is 0 Å². The first-order valence-electron chi connectivity index (χ1n) is 20.3. The first kappa shape index (κ1) is 34.0. The second kappa shape index (κ2) is 13.8. The molecule has 0 amide bonds. The second-order valence-corrected chi connectivity index (χ2v) is 15.3. The molecule has 0 aliphatic heterocycles. The van der Waals surface area contributed by atoms with E-state index in [0.29, 0.717) is 0 Å². The summed E-state index contributed by atoms with van der Waals surface area (Å²) < 4.78 is 12.5. The molecule has 0 saturated heterocycles. The Balaban J connectivity index is 0.947. The fourth-order valence-electron chi connectivity index (χ4n) is 8.97. The molecule has 2 aromatic heterocycles. The Hall–Kier alpha value is -8.08. The summed E-state index contributed by atoms with van der Waals surface area (Å²) >= 11 is 0. The summed E-state index contributed by atoms with van der Waals surface area (Å²) in [5.41, 5.74) is 12.3. The summed E-state index contributed by atoms with van der Waals surface area (Å²) in [6.45, 7) is 0. The number of anilines is 6. The normalized spacial score (nSPS) is 11.7. The summed E-state index contributed by atoms with van der Waals surface area (Å²) in [5, 5.41) is 9.19. The van der Waals surface area contributed by atoms with Crippen molar-refractivity contribution >= 4 is 99.5 Å². The Labute approximate surface area is 346 Å². The molecule has 4 nitrogen and oxygen atoms in total. The van der Waals surface area contributed by atoms with Crippen molar-refractivity contribution in [3.8, 4) is 11.1 Å². The maximum absolute atomic E-state index is 6.23. The molecular weight excluding hydrogens is 733 g/mol. The zero-order chi connectivity index (χ0) is 39.6. The molecule has 0 aliphatic rings. The predicted octanol–water partition coefficient (Wildman–Crippen LogP) is 16.4. The van der Waals surface area contributed by atoms with Gasteiger partial charge in [0.25, 0.3) is 0 Å². The van der Waals surface area contributed by atoms with Gasteiger partial charge in [0.15, 0.2) is 0 Å². The van der Waals surface area contributed by atoms with Crippen molar-refractivity contribution in [1.82, 2.24) is 0 Å². The van der Waals surface area contributed by atoms with Crippen molar-refractivity contribution in [3.05, 3.63) is 218 Å². The largest absolute Gasteiger partial charge is 0.456 e. The lowest BCUT2D eigenvalue weighted by molar-refractivity contribution is 0.668. The SMILES string of the molecule is c1ccc2c(N(c3ccc(-c4ccc(N(c5ccc6oc7ccccc7c6c5)c5cccc6ccccc56)cc4)cc3)c3ccc4oc5ccccc5c4c3)cccc2c1. The smallest absolute Gasteiger partial charge is 0.135 e. The van der Waals surface area contributed by atoms with Gasteiger partial charge in [-0.25, -0.2) is 0 Å². The molecule has 12 rings (SSSR count). The number of furan rings is 2. The van der Waals surface area contributed by atoms with Crippen LogP contribution in [-0.4, -0.2) is 0 Å². The van der Waals surface area contributed by atoms with Gasteiger partial charge in [-0.05, 0) is 107 Å². The quantitative estimate of drug-likeness (QED) is 0.162. The van der Waals surface area contributed by atoms with Crippen LogP contribution in [0.2, 0.25) is 0 Å². The van der Waals surface area contributed by atoms with Gasteiger partial charge in [-0.2, -0.15) is 0 Å².